The lowest BCUT2D eigenvalue weighted by Gasteiger charge is -2.22. The van der Waals surface area contributed by atoms with Crippen molar-refractivity contribution in [3.8, 4) is 0 Å². The van der Waals surface area contributed by atoms with Crippen LogP contribution in [0.5, 0.6) is 0 Å². The molecular formula is C11H15N3O2. The SMILES string of the molecule is O=C(NCc1ccccn1)C1COCCN1. The van der Waals surface area contributed by atoms with Crippen molar-refractivity contribution in [1.82, 2.24) is 15.6 Å². The topological polar surface area (TPSA) is 63.2 Å². The van der Waals surface area contributed by atoms with Crippen LogP contribution < -0.4 is 10.6 Å². The van der Waals surface area contributed by atoms with Gasteiger partial charge in [-0.15, -0.1) is 0 Å². The monoisotopic (exact) mass is 221 g/mol. The fourth-order valence-corrected chi connectivity index (χ4v) is 1.54. The Kier molecular flexibility index (Phi) is 3.85. The predicted octanol–water partition coefficient (Wildman–Crippen LogP) is -0.314. The van der Waals surface area contributed by atoms with Crippen molar-refractivity contribution in [3.63, 3.8) is 0 Å². The van der Waals surface area contributed by atoms with Gasteiger partial charge >= 0.3 is 0 Å². The van der Waals surface area contributed by atoms with Crippen molar-refractivity contribution in [2.75, 3.05) is 19.8 Å². The zero-order valence-corrected chi connectivity index (χ0v) is 8.98. The molecule has 1 saturated heterocycles. The second kappa shape index (κ2) is 5.58. The van der Waals surface area contributed by atoms with E-state index in [0.717, 1.165) is 12.2 Å². The van der Waals surface area contributed by atoms with Gasteiger partial charge in [-0.25, -0.2) is 0 Å². The largest absolute Gasteiger partial charge is 0.378 e. The van der Waals surface area contributed by atoms with E-state index in [1.807, 2.05) is 18.2 Å². The van der Waals surface area contributed by atoms with E-state index in [1.54, 1.807) is 6.20 Å². The number of hydrogen-bond donors (Lipinski definition) is 2. The van der Waals surface area contributed by atoms with E-state index in [4.69, 9.17) is 4.74 Å². The van der Waals surface area contributed by atoms with Crippen LogP contribution in [0.15, 0.2) is 24.4 Å². The highest BCUT2D eigenvalue weighted by Crippen LogP contribution is 1.95. The average Bonchev–Trinajstić information content (AvgIpc) is 2.38. The molecule has 0 aromatic carbocycles. The summed E-state index contributed by atoms with van der Waals surface area (Å²) in [6.45, 7) is 2.29. The van der Waals surface area contributed by atoms with Gasteiger partial charge < -0.3 is 15.4 Å². The van der Waals surface area contributed by atoms with Crippen LogP contribution in [0.3, 0.4) is 0 Å². The summed E-state index contributed by atoms with van der Waals surface area (Å²) in [6, 6.07) is 5.39. The van der Waals surface area contributed by atoms with Crippen LogP contribution in [-0.4, -0.2) is 36.7 Å². The van der Waals surface area contributed by atoms with Gasteiger partial charge in [0.25, 0.3) is 0 Å². The molecule has 5 heteroatoms. The Morgan fingerprint density at radius 3 is 3.25 bits per heavy atom. The van der Waals surface area contributed by atoms with Crippen LogP contribution in [0.2, 0.25) is 0 Å². The van der Waals surface area contributed by atoms with Crippen molar-refractivity contribution < 1.29 is 9.53 Å². The number of carbonyl (C=O) groups is 1. The van der Waals surface area contributed by atoms with Gasteiger partial charge in [0.05, 0.1) is 25.5 Å². The summed E-state index contributed by atoms with van der Waals surface area (Å²) in [7, 11) is 0. The highest BCUT2D eigenvalue weighted by atomic mass is 16.5. The number of pyridine rings is 1. The maximum Gasteiger partial charge on any atom is 0.239 e. The molecule has 2 rings (SSSR count). The molecule has 1 aliphatic rings. The first-order valence-corrected chi connectivity index (χ1v) is 5.35. The molecule has 1 fully saturated rings. The number of aromatic nitrogens is 1. The highest BCUT2D eigenvalue weighted by Gasteiger charge is 2.20. The number of nitrogens with one attached hydrogen (secondary N) is 2. The number of carbonyl (C=O) groups excluding carboxylic acids is 1. The first-order valence-electron chi connectivity index (χ1n) is 5.35. The molecule has 0 aliphatic carbocycles. The minimum atomic E-state index is -0.238. The minimum Gasteiger partial charge on any atom is -0.378 e. The molecule has 1 aliphatic heterocycles. The lowest BCUT2D eigenvalue weighted by Crippen LogP contribution is -2.51. The normalized spacial score (nSPS) is 20.4. The maximum atomic E-state index is 11.7. The molecule has 1 amide bonds. The maximum absolute atomic E-state index is 11.7. The van der Waals surface area contributed by atoms with Gasteiger partial charge in [0.1, 0.15) is 6.04 Å². The molecule has 86 valence electrons. The van der Waals surface area contributed by atoms with Gasteiger partial charge in [-0.3, -0.25) is 9.78 Å². The predicted molar refractivity (Wildman–Crippen MR) is 58.7 cm³/mol. The van der Waals surface area contributed by atoms with Gasteiger partial charge in [0.15, 0.2) is 0 Å². The number of morpholine rings is 1. The van der Waals surface area contributed by atoms with Crippen molar-refractivity contribution in [2.45, 2.75) is 12.6 Å². The Morgan fingerprint density at radius 2 is 2.56 bits per heavy atom. The number of hydrogen-bond acceptors (Lipinski definition) is 4. The molecule has 2 N–H and O–H groups in total. The number of ether oxygens (including phenoxy) is 1. The van der Waals surface area contributed by atoms with Crippen LogP contribution in [0.4, 0.5) is 0 Å². The third kappa shape index (κ3) is 3.01. The van der Waals surface area contributed by atoms with E-state index in [9.17, 15) is 4.79 Å². The molecule has 1 unspecified atom stereocenters. The van der Waals surface area contributed by atoms with Crippen LogP contribution >= 0.6 is 0 Å². The van der Waals surface area contributed by atoms with Crippen LogP contribution in [-0.2, 0) is 16.1 Å². The number of nitrogens with zero attached hydrogens (tertiary/aromatic N) is 1. The second-order valence-corrected chi connectivity index (χ2v) is 3.62. The van der Waals surface area contributed by atoms with Crippen LogP contribution in [0, 0.1) is 0 Å². The summed E-state index contributed by atoms with van der Waals surface area (Å²) >= 11 is 0. The van der Waals surface area contributed by atoms with E-state index in [1.165, 1.54) is 0 Å². The molecule has 0 radical (unpaired) electrons. The van der Waals surface area contributed by atoms with Crippen molar-refractivity contribution in [2.24, 2.45) is 0 Å². The fraction of sp³-hybridized carbons (Fsp3) is 0.455. The zero-order valence-electron chi connectivity index (χ0n) is 8.98. The molecular weight excluding hydrogens is 206 g/mol. The van der Waals surface area contributed by atoms with E-state index in [0.29, 0.717) is 19.8 Å². The molecule has 16 heavy (non-hydrogen) atoms. The molecule has 1 atom stereocenters. The highest BCUT2D eigenvalue weighted by molar-refractivity contribution is 5.81. The average molecular weight is 221 g/mol. The second-order valence-electron chi connectivity index (χ2n) is 3.62. The zero-order chi connectivity index (χ0) is 11.2. The van der Waals surface area contributed by atoms with Crippen molar-refractivity contribution in [3.05, 3.63) is 30.1 Å². The van der Waals surface area contributed by atoms with Crippen molar-refractivity contribution >= 4 is 5.91 Å². The van der Waals surface area contributed by atoms with Gasteiger partial charge in [0.2, 0.25) is 5.91 Å². The molecule has 1 aromatic heterocycles. The molecule has 0 bridgehead atoms. The van der Waals surface area contributed by atoms with Gasteiger partial charge in [-0.05, 0) is 12.1 Å². The standard InChI is InChI=1S/C11H15N3O2/c15-11(10-8-16-6-5-13-10)14-7-9-3-1-2-4-12-9/h1-4,10,13H,5-8H2,(H,14,15). The third-order valence-electron chi connectivity index (χ3n) is 2.41. The fourth-order valence-electron chi connectivity index (χ4n) is 1.54. The van der Waals surface area contributed by atoms with E-state index < -0.39 is 0 Å². The molecule has 5 nitrogen and oxygen atoms in total. The summed E-state index contributed by atoms with van der Waals surface area (Å²) in [5.74, 6) is -0.0367. The molecule has 0 spiro atoms. The van der Waals surface area contributed by atoms with Gasteiger partial charge in [-0.1, -0.05) is 6.07 Å². The Balaban J connectivity index is 1.79. The summed E-state index contributed by atoms with van der Waals surface area (Å²) in [5, 5.41) is 5.92. The Labute approximate surface area is 94.2 Å². The Hall–Kier alpha value is -1.46. The lowest BCUT2D eigenvalue weighted by atomic mass is 10.2. The first-order chi connectivity index (χ1) is 7.86. The minimum absolute atomic E-state index is 0.0367. The Bertz CT molecular complexity index is 336. The number of amides is 1. The molecule has 2 heterocycles. The van der Waals surface area contributed by atoms with E-state index in [-0.39, 0.29) is 11.9 Å². The Morgan fingerprint density at radius 1 is 1.62 bits per heavy atom. The van der Waals surface area contributed by atoms with Crippen molar-refractivity contribution in [1.29, 1.82) is 0 Å². The van der Waals surface area contributed by atoms with Crippen LogP contribution in [0.1, 0.15) is 5.69 Å². The summed E-state index contributed by atoms with van der Waals surface area (Å²) in [4.78, 5) is 15.8. The van der Waals surface area contributed by atoms with E-state index >= 15 is 0 Å². The summed E-state index contributed by atoms with van der Waals surface area (Å²) in [5.41, 5.74) is 0.854. The third-order valence-corrected chi connectivity index (χ3v) is 2.41. The number of rotatable bonds is 3. The smallest absolute Gasteiger partial charge is 0.239 e. The quantitative estimate of drug-likeness (QED) is 0.734. The molecule has 0 saturated carbocycles. The summed E-state index contributed by atoms with van der Waals surface area (Å²) < 4.78 is 5.22. The van der Waals surface area contributed by atoms with Gasteiger partial charge in [-0.2, -0.15) is 0 Å². The van der Waals surface area contributed by atoms with Gasteiger partial charge in [0, 0.05) is 12.7 Å². The lowest BCUT2D eigenvalue weighted by molar-refractivity contribution is -0.126. The molecule has 1 aromatic rings. The van der Waals surface area contributed by atoms with Crippen LogP contribution in [0.25, 0.3) is 0 Å². The van der Waals surface area contributed by atoms with E-state index in [2.05, 4.69) is 15.6 Å². The summed E-state index contributed by atoms with van der Waals surface area (Å²) in [6.07, 6.45) is 1.71. The first kappa shape index (κ1) is 11.0.